The van der Waals surface area contributed by atoms with Crippen LogP contribution in [-0.4, -0.2) is 33.7 Å². The molecular formula is C22H21Cl2N3O. The van der Waals surface area contributed by atoms with Crippen LogP contribution < -0.4 is 0 Å². The SMILES string of the molecule is Cc1ccc(-c2cc(C(=O)N3CCCC3)n(-c3ccc(Cl)c(Cl)c3)n2)cc1C. The normalized spacial score (nSPS) is 13.9. The topological polar surface area (TPSA) is 38.1 Å². The Morgan fingerprint density at radius 1 is 0.929 bits per heavy atom. The van der Waals surface area contributed by atoms with E-state index in [1.165, 1.54) is 11.1 Å². The van der Waals surface area contributed by atoms with Crippen LogP contribution in [0.1, 0.15) is 34.5 Å². The summed E-state index contributed by atoms with van der Waals surface area (Å²) in [6.45, 7) is 5.72. The lowest BCUT2D eigenvalue weighted by atomic mass is 10.0. The fourth-order valence-electron chi connectivity index (χ4n) is 3.47. The summed E-state index contributed by atoms with van der Waals surface area (Å²) in [6, 6.07) is 13.4. The molecule has 3 aromatic rings. The number of halogens is 2. The first-order valence-corrected chi connectivity index (χ1v) is 10.1. The van der Waals surface area contributed by atoms with Crippen LogP contribution in [0.4, 0.5) is 0 Å². The van der Waals surface area contributed by atoms with Crippen molar-refractivity contribution in [2.24, 2.45) is 0 Å². The van der Waals surface area contributed by atoms with Crippen molar-refractivity contribution in [3.05, 3.63) is 69.3 Å². The van der Waals surface area contributed by atoms with Gasteiger partial charge in [-0.05, 0) is 68.1 Å². The van der Waals surface area contributed by atoms with Crippen molar-refractivity contribution in [2.75, 3.05) is 13.1 Å². The van der Waals surface area contributed by atoms with Gasteiger partial charge in [0.1, 0.15) is 5.69 Å². The van der Waals surface area contributed by atoms with Crippen molar-refractivity contribution in [3.8, 4) is 16.9 Å². The number of benzene rings is 2. The lowest BCUT2D eigenvalue weighted by Gasteiger charge is -2.16. The van der Waals surface area contributed by atoms with Crippen molar-refractivity contribution in [1.82, 2.24) is 14.7 Å². The molecule has 0 saturated carbocycles. The summed E-state index contributed by atoms with van der Waals surface area (Å²) in [5.74, 6) is -0.00819. The summed E-state index contributed by atoms with van der Waals surface area (Å²) in [5, 5.41) is 5.66. The molecule has 0 aliphatic carbocycles. The number of hydrogen-bond acceptors (Lipinski definition) is 2. The summed E-state index contributed by atoms with van der Waals surface area (Å²) in [6.07, 6.45) is 2.08. The van der Waals surface area contributed by atoms with Gasteiger partial charge in [0.2, 0.25) is 0 Å². The lowest BCUT2D eigenvalue weighted by Crippen LogP contribution is -2.29. The van der Waals surface area contributed by atoms with Gasteiger partial charge in [-0.1, -0.05) is 35.3 Å². The van der Waals surface area contributed by atoms with E-state index in [2.05, 4.69) is 26.0 Å². The minimum absolute atomic E-state index is 0.00819. The van der Waals surface area contributed by atoms with Crippen molar-refractivity contribution >= 4 is 29.1 Å². The molecular weight excluding hydrogens is 393 g/mol. The number of carbonyl (C=O) groups is 1. The summed E-state index contributed by atoms with van der Waals surface area (Å²) >= 11 is 12.3. The van der Waals surface area contributed by atoms with Crippen LogP contribution in [0.5, 0.6) is 0 Å². The molecule has 1 aliphatic heterocycles. The zero-order chi connectivity index (χ0) is 19.8. The summed E-state index contributed by atoms with van der Waals surface area (Å²) in [4.78, 5) is 15.0. The predicted octanol–water partition coefficient (Wildman–Crippen LogP) is 5.70. The molecule has 6 heteroatoms. The van der Waals surface area contributed by atoms with E-state index in [0.717, 1.165) is 37.2 Å². The minimum atomic E-state index is -0.00819. The average Bonchev–Trinajstić information content (AvgIpc) is 3.36. The predicted molar refractivity (Wildman–Crippen MR) is 114 cm³/mol. The first-order valence-electron chi connectivity index (χ1n) is 9.36. The molecule has 0 spiro atoms. The second-order valence-electron chi connectivity index (χ2n) is 7.22. The number of aromatic nitrogens is 2. The second kappa shape index (κ2) is 7.61. The molecule has 0 radical (unpaired) electrons. The maximum Gasteiger partial charge on any atom is 0.272 e. The molecule has 1 fully saturated rings. The van der Waals surface area contributed by atoms with E-state index in [0.29, 0.717) is 21.4 Å². The van der Waals surface area contributed by atoms with Gasteiger partial charge in [-0.15, -0.1) is 0 Å². The molecule has 2 aromatic carbocycles. The third-order valence-corrected chi connectivity index (χ3v) is 6.01. The fraction of sp³-hybridized carbons (Fsp3) is 0.273. The van der Waals surface area contributed by atoms with Crippen LogP contribution >= 0.6 is 23.2 Å². The minimum Gasteiger partial charge on any atom is -0.337 e. The van der Waals surface area contributed by atoms with Crippen LogP contribution in [0.25, 0.3) is 16.9 Å². The molecule has 1 saturated heterocycles. The first kappa shape index (κ1) is 19.0. The molecule has 2 heterocycles. The van der Waals surface area contributed by atoms with Gasteiger partial charge in [-0.3, -0.25) is 4.79 Å². The Balaban J connectivity index is 1.84. The van der Waals surface area contributed by atoms with Gasteiger partial charge in [0.05, 0.1) is 21.4 Å². The lowest BCUT2D eigenvalue weighted by molar-refractivity contribution is 0.0784. The Labute approximate surface area is 174 Å². The standard InChI is InChI=1S/C22H21Cl2N3O/c1-14-5-6-16(11-15(14)2)20-13-21(22(28)26-9-3-4-10-26)27(25-20)17-7-8-18(23)19(24)12-17/h5-8,11-13H,3-4,9-10H2,1-2H3. The maximum atomic E-state index is 13.2. The van der Waals surface area contributed by atoms with E-state index in [4.69, 9.17) is 28.3 Å². The molecule has 0 bridgehead atoms. The molecule has 0 N–H and O–H groups in total. The quantitative estimate of drug-likeness (QED) is 0.552. The zero-order valence-corrected chi connectivity index (χ0v) is 17.4. The smallest absolute Gasteiger partial charge is 0.272 e. The number of carbonyl (C=O) groups excluding carboxylic acids is 1. The van der Waals surface area contributed by atoms with Crippen molar-refractivity contribution in [1.29, 1.82) is 0 Å². The number of aryl methyl sites for hydroxylation is 2. The molecule has 0 atom stereocenters. The van der Waals surface area contributed by atoms with Gasteiger partial charge in [-0.25, -0.2) is 4.68 Å². The highest BCUT2D eigenvalue weighted by Gasteiger charge is 2.25. The van der Waals surface area contributed by atoms with E-state index in [1.807, 2.05) is 23.1 Å². The number of hydrogen-bond donors (Lipinski definition) is 0. The molecule has 28 heavy (non-hydrogen) atoms. The van der Waals surface area contributed by atoms with E-state index in [-0.39, 0.29) is 5.91 Å². The Morgan fingerprint density at radius 3 is 2.36 bits per heavy atom. The monoisotopic (exact) mass is 413 g/mol. The third-order valence-electron chi connectivity index (χ3n) is 5.27. The highest BCUT2D eigenvalue weighted by molar-refractivity contribution is 6.42. The summed E-state index contributed by atoms with van der Waals surface area (Å²) in [5.41, 5.74) is 5.41. The van der Waals surface area contributed by atoms with E-state index >= 15 is 0 Å². The Bertz CT molecular complexity index is 1050. The Morgan fingerprint density at radius 2 is 1.68 bits per heavy atom. The van der Waals surface area contributed by atoms with Gasteiger partial charge in [0, 0.05) is 18.7 Å². The highest BCUT2D eigenvalue weighted by atomic mass is 35.5. The number of rotatable bonds is 3. The number of likely N-dealkylation sites (tertiary alicyclic amines) is 1. The molecule has 1 aliphatic rings. The van der Waals surface area contributed by atoms with Gasteiger partial charge in [0.15, 0.2) is 0 Å². The Hall–Kier alpha value is -2.30. The third kappa shape index (κ3) is 3.54. The molecule has 1 aromatic heterocycles. The van der Waals surface area contributed by atoms with E-state index < -0.39 is 0 Å². The summed E-state index contributed by atoms with van der Waals surface area (Å²) < 4.78 is 1.67. The zero-order valence-electron chi connectivity index (χ0n) is 15.9. The van der Waals surface area contributed by atoms with E-state index in [1.54, 1.807) is 16.8 Å². The molecule has 0 unspecified atom stereocenters. The van der Waals surface area contributed by atoms with Crippen molar-refractivity contribution in [3.63, 3.8) is 0 Å². The Kier molecular flexibility index (Phi) is 5.17. The fourth-order valence-corrected chi connectivity index (χ4v) is 3.76. The summed E-state index contributed by atoms with van der Waals surface area (Å²) in [7, 11) is 0. The van der Waals surface area contributed by atoms with Crippen LogP contribution in [0.3, 0.4) is 0 Å². The van der Waals surface area contributed by atoms with Crippen LogP contribution in [0.2, 0.25) is 10.0 Å². The van der Waals surface area contributed by atoms with Gasteiger partial charge < -0.3 is 4.90 Å². The number of amides is 1. The van der Waals surface area contributed by atoms with Gasteiger partial charge in [0.25, 0.3) is 5.91 Å². The van der Waals surface area contributed by atoms with Gasteiger partial charge in [-0.2, -0.15) is 5.10 Å². The number of nitrogens with zero attached hydrogens (tertiary/aromatic N) is 3. The van der Waals surface area contributed by atoms with Crippen LogP contribution in [0.15, 0.2) is 42.5 Å². The van der Waals surface area contributed by atoms with Crippen molar-refractivity contribution in [2.45, 2.75) is 26.7 Å². The molecule has 1 amide bonds. The molecule has 4 nitrogen and oxygen atoms in total. The molecule has 144 valence electrons. The first-order chi connectivity index (χ1) is 13.4. The van der Waals surface area contributed by atoms with Crippen LogP contribution in [-0.2, 0) is 0 Å². The van der Waals surface area contributed by atoms with Gasteiger partial charge >= 0.3 is 0 Å². The van der Waals surface area contributed by atoms with E-state index in [9.17, 15) is 4.79 Å². The molecule has 4 rings (SSSR count). The average molecular weight is 414 g/mol. The van der Waals surface area contributed by atoms with Crippen LogP contribution in [0, 0.1) is 13.8 Å². The largest absolute Gasteiger partial charge is 0.337 e. The second-order valence-corrected chi connectivity index (χ2v) is 8.04. The maximum absolute atomic E-state index is 13.2. The van der Waals surface area contributed by atoms with Crippen molar-refractivity contribution < 1.29 is 4.79 Å². The highest BCUT2D eigenvalue weighted by Crippen LogP contribution is 2.28.